The zero-order chi connectivity index (χ0) is 17.2. The summed E-state index contributed by atoms with van der Waals surface area (Å²) in [5, 5.41) is 2.74. The smallest absolute Gasteiger partial charge is 0.238 e. The molecule has 5 heteroatoms. The molecule has 1 aromatic rings. The Morgan fingerprint density at radius 2 is 1.70 bits per heavy atom. The SMILES string of the molecule is CCC1(CC)C(=O)C=C(C[C@@H](C)c2c(F)cccc2F)NC1=O. The van der Waals surface area contributed by atoms with Gasteiger partial charge in [0.15, 0.2) is 5.78 Å². The Morgan fingerprint density at radius 1 is 1.13 bits per heavy atom. The van der Waals surface area contributed by atoms with E-state index in [1.54, 1.807) is 20.8 Å². The van der Waals surface area contributed by atoms with Crippen LogP contribution in [0.2, 0.25) is 0 Å². The first kappa shape index (κ1) is 17.3. The molecule has 124 valence electrons. The van der Waals surface area contributed by atoms with Gasteiger partial charge in [-0.1, -0.05) is 26.8 Å². The zero-order valence-electron chi connectivity index (χ0n) is 13.6. The second-order valence-corrected chi connectivity index (χ2v) is 6.02. The standard InChI is InChI=1S/C18H21F2NO2/c1-4-18(5-2)15(22)10-12(21-17(18)23)9-11(3)16-13(19)7-6-8-14(16)20/h6-8,10-11H,4-5,9H2,1-3H3,(H,21,23)/t11-/m1/s1. The molecule has 2 rings (SSSR count). The van der Waals surface area contributed by atoms with E-state index >= 15 is 0 Å². The summed E-state index contributed by atoms with van der Waals surface area (Å²) < 4.78 is 27.7. The average molecular weight is 321 g/mol. The Kier molecular flexibility index (Phi) is 4.97. The number of nitrogens with one attached hydrogen (secondary N) is 1. The van der Waals surface area contributed by atoms with Gasteiger partial charge in [0.25, 0.3) is 0 Å². The van der Waals surface area contributed by atoms with Gasteiger partial charge in [-0.15, -0.1) is 0 Å². The Labute approximate surface area is 134 Å². The normalized spacial score (nSPS) is 18.4. The minimum absolute atomic E-state index is 0.0297. The Morgan fingerprint density at radius 3 is 2.17 bits per heavy atom. The van der Waals surface area contributed by atoms with E-state index in [2.05, 4.69) is 5.32 Å². The van der Waals surface area contributed by atoms with E-state index in [1.165, 1.54) is 24.3 Å². The lowest BCUT2D eigenvalue weighted by Gasteiger charge is -2.32. The van der Waals surface area contributed by atoms with Gasteiger partial charge in [-0.2, -0.15) is 0 Å². The fourth-order valence-electron chi connectivity index (χ4n) is 3.15. The number of hydrogen-bond donors (Lipinski definition) is 1. The third-order valence-electron chi connectivity index (χ3n) is 4.71. The van der Waals surface area contributed by atoms with Crippen molar-refractivity contribution in [2.24, 2.45) is 5.41 Å². The van der Waals surface area contributed by atoms with Crippen molar-refractivity contribution in [3.8, 4) is 0 Å². The van der Waals surface area contributed by atoms with Crippen molar-refractivity contribution in [1.82, 2.24) is 5.32 Å². The largest absolute Gasteiger partial charge is 0.329 e. The zero-order valence-corrected chi connectivity index (χ0v) is 13.6. The minimum Gasteiger partial charge on any atom is -0.329 e. The molecule has 1 atom stereocenters. The molecule has 1 aliphatic rings. The molecule has 1 amide bonds. The van der Waals surface area contributed by atoms with Gasteiger partial charge >= 0.3 is 0 Å². The van der Waals surface area contributed by atoms with Crippen LogP contribution in [0, 0.1) is 17.0 Å². The fraction of sp³-hybridized carbons (Fsp3) is 0.444. The monoisotopic (exact) mass is 321 g/mol. The van der Waals surface area contributed by atoms with Crippen molar-refractivity contribution in [3.63, 3.8) is 0 Å². The summed E-state index contributed by atoms with van der Waals surface area (Å²) in [5.41, 5.74) is -0.638. The minimum atomic E-state index is -1.02. The molecule has 0 saturated carbocycles. The fourth-order valence-corrected chi connectivity index (χ4v) is 3.15. The predicted octanol–water partition coefficient (Wildman–Crippen LogP) is 3.85. The average Bonchev–Trinajstić information content (AvgIpc) is 2.47. The summed E-state index contributed by atoms with van der Waals surface area (Å²) in [6.45, 7) is 5.27. The second kappa shape index (κ2) is 6.60. The molecule has 0 unspecified atom stereocenters. The number of benzene rings is 1. The van der Waals surface area contributed by atoms with Crippen molar-refractivity contribution in [1.29, 1.82) is 0 Å². The van der Waals surface area contributed by atoms with Crippen LogP contribution in [0.3, 0.4) is 0 Å². The summed E-state index contributed by atoms with van der Waals surface area (Å²) in [4.78, 5) is 24.7. The molecule has 0 aromatic heterocycles. The van der Waals surface area contributed by atoms with E-state index in [4.69, 9.17) is 0 Å². The maximum Gasteiger partial charge on any atom is 0.238 e. The van der Waals surface area contributed by atoms with Gasteiger partial charge in [-0.05, 0) is 37.3 Å². The van der Waals surface area contributed by atoms with E-state index in [1.807, 2.05) is 0 Å². The molecular formula is C18H21F2NO2. The third kappa shape index (κ3) is 3.05. The highest BCUT2D eigenvalue weighted by molar-refractivity contribution is 6.13. The van der Waals surface area contributed by atoms with Crippen LogP contribution in [0.4, 0.5) is 8.78 Å². The Balaban J connectivity index is 2.25. The van der Waals surface area contributed by atoms with Crippen LogP contribution in [0.5, 0.6) is 0 Å². The van der Waals surface area contributed by atoms with Crippen molar-refractivity contribution in [2.45, 2.75) is 46.0 Å². The lowest BCUT2D eigenvalue weighted by molar-refractivity contribution is -0.141. The van der Waals surface area contributed by atoms with Crippen LogP contribution in [-0.4, -0.2) is 11.7 Å². The summed E-state index contributed by atoms with van der Waals surface area (Å²) >= 11 is 0. The first-order valence-electron chi connectivity index (χ1n) is 7.86. The number of carbonyl (C=O) groups excluding carboxylic acids is 2. The van der Waals surface area contributed by atoms with Crippen LogP contribution in [0.15, 0.2) is 30.0 Å². The van der Waals surface area contributed by atoms with Crippen LogP contribution in [0.25, 0.3) is 0 Å². The van der Waals surface area contributed by atoms with Gasteiger partial charge in [-0.3, -0.25) is 9.59 Å². The van der Waals surface area contributed by atoms with E-state index < -0.39 is 23.0 Å². The highest BCUT2D eigenvalue weighted by atomic mass is 19.1. The molecule has 0 bridgehead atoms. The molecule has 1 aromatic carbocycles. The van der Waals surface area contributed by atoms with Gasteiger partial charge in [-0.25, -0.2) is 8.78 Å². The van der Waals surface area contributed by atoms with Gasteiger partial charge in [0, 0.05) is 17.3 Å². The topological polar surface area (TPSA) is 46.2 Å². The van der Waals surface area contributed by atoms with Crippen LogP contribution >= 0.6 is 0 Å². The van der Waals surface area contributed by atoms with Crippen molar-refractivity contribution in [3.05, 3.63) is 47.2 Å². The summed E-state index contributed by atoms with van der Waals surface area (Å²) in [6, 6.07) is 3.71. The van der Waals surface area contributed by atoms with Crippen molar-refractivity contribution < 1.29 is 18.4 Å². The third-order valence-corrected chi connectivity index (χ3v) is 4.71. The number of hydrogen-bond acceptors (Lipinski definition) is 2. The molecule has 1 heterocycles. The molecule has 0 fully saturated rings. The van der Waals surface area contributed by atoms with Crippen LogP contribution in [-0.2, 0) is 9.59 Å². The Bertz CT molecular complexity index is 643. The summed E-state index contributed by atoms with van der Waals surface area (Å²) in [7, 11) is 0. The number of carbonyl (C=O) groups is 2. The lowest BCUT2D eigenvalue weighted by atomic mass is 9.75. The van der Waals surface area contributed by atoms with E-state index in [0.29, 0.717) is 18.5 Å². The number of halogens is 2. The first-order valence-corrected chi connectivity index (χ1v) is 7.86. The van der Waals surface area contributed by atoms with E-state index in [-0.39, 0.29) is 23.7 Å². The molecule has 1 N–H and O–H groups in total. The quantitative estimate of drug-likeness (QED) is 0.837. The van der Waals surface area contributed by atoms with E-state index in [9.17, 15) is 18.4 Å². The molecule has 0 saturated heterocycles. The Hall–Kier alpha value is -2.04. The molecular weight excluding hydrogens is 300 g/mol. The number of rotatable bonds is 5. The maximum atomic E-state index is 13.8. The predicted molar refractivity (Wildman–Crippen MR) is 83.6 cm³/mol. The van der Waals surface area contributed by atoms with Crippen LogP contribution < -0.4 is 5.32 Å². The first-order chi connectivity index (χ1) is 10.9. The van der Waals surface area contributed by atoms with Crippen molar-refractivity contribution in [2.75, 3.05) is 0 Å². The maximum absolute atomic E-state index is 13.8. The van der Waals surface area contributed by atoms with Gasteiger partial charge in [0.05, 0.1) is 0 Å². The molecule has 3 nitrogen and oxygen atoms in total. The van der Waals surface area contributed by atoms with Gasteiger partial charge in [0.2, 0.25) is 5.91 Å². The molecule has 0 aliphatic carbocycles. The van der Waals surface area contributed by atoms with E-state index in [0.717, 1.165) is 0 Å². The molecule has 1 aliphatic heterocycles. The van der Waals surface area contributed by atoms with Gasteiger partial charge in [0.1, 0.15) is 17.0 Å². The van der Waals surface area contributed by atoms with Gasteiger partial charge < -0.3 is 5.32 Å². The highest BCUT2D eigenvalue weighted by Crippen LogP contribution is 2.34. The molecule has 23 heavy (non-hydrogen) atoms. The number of amides is 1. The van der Waals surface area contributed by atoms with Crippen LogP contribution in [0.1, 0.15) is 51.5 Å². The lowest BCUT2D eigenvalue weighted by Crippen LogP contribution is -2.48. The summed E-state index contributed by atoms with van der Waals surface area (Å²) in [6.07, 6.45) is 2.45. The molecule has 0 radical (unpaired) electrons. The molecule has 0 spiro atoms. The summed E-state index contributed by atoms with van der Waals surface area (Å²) in [5.74, 6) is -2.30. The highest BCUT2D eigenvalue weighted by Gasteiger charge is 2.44. The number of allylic oxidation sites excluding steroid dienone is 2. The van der Waals surface area contributed by atoms with Crippen molar-refractivity contribution >= 4 is 11.7 Å². The second-order valence-electron chi connectivity index (χ2n) is 6.02. The number of ketones is 1.